The zero-order chi connectivity index (χ0) is 30.1. The molecule has 3 N–H and O–H groups in total. The first-order chi connectivity index (χ1) is 20.2. The lowest BCUT2D eigenvalue weighted by molar-refractivity contribution is -0.134. The van der Waals surface area contributed by atoms with Gasteiger partial charge in [0.2, 0.25) is 11.7 Å². The Morgan fingerprint density at radius 1 is 1.02 bits per heavy atom. The molecule has 1 heterocycles. The van der Waals surface area contributed by atoms with Crippen LogP contribution in [0.1, 0.15) is 5.56 Å². The van der Waals surface area contributed by atoms with Crippen molar-refractivity contribution in [2.45, 2.75) is 6.61 Å². The number of nitrogens with one attached hydrogen (secondary N) is 3. The molecule has 1 aromatic heterocycles. The molecule has 0 spiro atoms. The van der Waals surface area contributed by atoms with Gasteiger partial charge in [-0.05, 0) is 68.2 Å². The third kappa shape index (κ3) is 8.56. The first kappa shape index (κ1) is 30.1. The number of carbonyl (C=O) groups is 3. The van der Waals surface area contributed by atoms with Gasteiger partial charge < -0.3 is 25.6 Å². The van der Waals surface area contributed by atoms with Crippen molar-refractivity contribution in [3.05, 3.63) is 95.5 Å². The zero-order valence-corrected chi connectivity index (χ0v) is 23.6. The number of ketones is 1. The molecular weight excluding hydrogens is 563 g/mol. The lowest BCUT2D eigenvalue weighted by Crippen LogP contribution is -2.35. The van der Waals surface area contributed by atoms with Gasteiger partial charge in [-0.3, -0.25) is 14.4 Å². The van der Waals surface area contributed by atoms with Crippen LogP contribution in [0.3, 0.4) is 0 Å². The summed E-state index contributed by atoms with van der Waals surface area (Å²) in [7, 11) is 3.71. The maximum atomic E-state index is 13.4. The largest absolute Gasteiger partial charge is 0.487 e. The highest BCUT2D eigenvalue weighted by Gasteiger charge is 2.16. The van der Waals surface area contributed by atoms with Crippen molar-refractivity contribution in [2.24, 2.45) is 0 Å². The van der Waals surface area contributed by atoms with Crippen molar-refractivity contribution in [1.82, 2.24) is 20.2 Å². The van der Waals surface area contributed by atoms with Crippen LogP contribution in [-0.4, -0.2) is 59.7 Å². The first-order valence-corrected chi connectivity index (χ1v) is 13.2. The maximum Gasteiger partial charge on any atom is 0.293 e. The SMILES string of the molecule is CN(C)C/C=C/C(=O)NCC(=O)C(=O)Nc1ccc2ncnc(Nc3ccc(OCc4cccc(F)c4)c(Cl)c3)c2c1. The van der Waals surface area contributed by atoms with Crippen molar-refractivity contribution < 1.29 is 23.5 Å². The fraction of sp³-hybridized carbons (Fsp3) is 0.167. The lowest BCUT2D eigenvalue weighted by Gasteiger charge is -2.12. The van der Waals surface area contributed by atoms with Gasteiger partial charge in [-0.1, -0.05) is 29.8 Å². The van der Waals surface area contributed by atoms with Gasteiger partial charge >= 0.3 is 0 Å². The number of rotatable bonds is 12. The molecule has 4 aromatic rings. The number of fused-ring (bicyclic) bond motifs is 1. The summed E-state index contributed by atoms with van der Waals surface area (Å²) in [5, 5.41) is 9.03. The molecule has 12 heteroatoms. The van der Waals surface area contributed by atoms with E-state index in [0.717, 1.165) is 0 Å². The fourth-order valence-corrected chi connectivity index (χ4v) is 3.97. The van der Waals surface area contributed by atoms with Crippen LogP contribution >= 0.6 is 11.6 Å². The van der Waals surface area contributed by atoms with Crippen LogP contribution < -0.4 is 20.7 Å². The fourth-order valence-electron chi connectivity index (χ4n) is 3.73. The highest BCUT2D eigenvalue weighted by molar-refractivity contribution is 6.41. The average Bonchev–Trinajstić information content (AvgIpc) is 2.95. The minimum absolute atomic E-state index is 0.151. The van der Waals surface area contributed by atoms with Crippen LogP contribution in [0.25, 0.3) is 10.9 Å². The molecule has 4 rings (SSSR count). The molecule has 10 nitrogen and oxygen atoms in total. The number of benzene rings is 3. The molecular formula is C30H28ClFN6O4. The summed E-state index contributed by atoms with van der Waals surface area (Å²) >= 11 is 6.42. The maximum absolute atomic E-state index is 13.4. The molecule has 0 atom stereocenters. The van der Waals surface area contributed by atoms with E-state index in [1.807, 2.05) is 19.0 Å². The van der Waals surface area contributed by atoms with Crippen molar-refractivity contribution in [1.29, 1.82) is 0 Å². The van der Waals surface area contributed by atoms with Crippen molar-refractivity contribution in [3.8, 4) is 5.75 Å². The van der Waals surface area contributed by atoms with Crippen molar-refractivity contribution in [3.63, 3.8) is 0 Å². The van der Waals surface area contributed by atoms with E-state index < -0.39 is 24.1 Å². The number of nitrogens with zero attached hydrogens (tertiary/aromatic N) is 3. The molecule has 0 saturated heterocycles. The molecule has 42 heavy (non-hydrogen) atoms. The van der Waals surface area contributed by atoms with Crippen LogP contribution in [-0.2, 0) is 21.0 Å². The summed E-state index contributed by atoms with van der Waals surface area (Å²) in [4.78, 5) is 47.0. The predicted octanol–water partition coefficient (Wildman–Crippen LogP) is 4.49. The number of anilines is 3. The van der Waals surface area contributed by atoms with E-state index in [4.69, 9.17) is 16.3 Å². The number of hydrogen-bond donors (Lipinski definition) is 3. The summed E-state index contributed by atoms with van der Waals surface area (Å²) < 4.78 is 19.2. The quantitative estimate of drug-likeness (QED) is 0.163. The molecule has 3 aromatic carbocycles. The van der Waals surface area contributed by atoms with Crippen LogP contribution in [0.2, 0.25) is 5.02 Å². The Kier molecular flexibility index (Phi) is 10.1. The van der Waals surface area contributed by atoms with Crippen LogP contribution in [0.4, 0.5) is 21.6 Å². The smallest absolute Gasteiger partial charge is 0.293 e. The van der Waals surface area contributed by atoms with Gasteiger partial charge in [-0.2, -0.15) is 0 Å². The highest BCUT2D eigenvalue weighted by Crippen LogP contribution is 2.31. The van der Waals surface area contributed by atoms with Crippen molar-refractivity contribution in [2.75, 3.05) is 37.8 Å². The van der Waals surface area contributed by atoms with E-state index in [2.05, 4.69) is 25.9 Å². The summed E-state index contributed by atoms with van der Waals surface area (Å²) in [6, 6.07) is 16.1. The third-order valence-corrected chi connectivity index (χ3v) is 6.08. The summed E-state index contributed by atoms with van der Waals surface area (Å²) in [6.07, 6.45) is 4.35. The zero-order valence-electron chi connectivity index (χ0n) is 22.9. The van der Waals surface area contributed by atoms with Crippen LogP contribution in [0, 0.1) is 5.82 Å². The van der Waals surface area contributed by atoms with E-state index in [0.29, 0.717) is 51.0 Å². The second kappa shape index (κ2) is 14.2. The Hall–Kier alpha value is -4.87. The number of likely N-dealkylation sites (N-methyl/N-ethyl adjacent to an activating group) is 1. The summed E-state index contributed by atoms with van der Waals surface area (Å²) in [5.41, 5.74) is 2.21. The molecule has 0 fully saturated rings. The molecule has 0 aliphatic carbocycles. The van der Waals surface area contributed by atoms with E-state index in [1.165, 1.54) is 24.5 Å². The number of hydrogen-bond acceptors (Lipinski definition) is 8. The summed E-state index contributed by atoms with van der Waals surface area (Å²) in [5.74, 6) is -1.64. The molecule has 216 valence electrons. The normalized spacial score (nSPS) is 11.1. The topological polar surface area (TPSA) is 126 Å². The molecule has 0 aliphatic rings. The van der Waals surface area contributed by atoms with Gasteiger partial charge in [0.05, 0.1) is 17.1 Å². The minimum Gasteiger partial charge on any atom is -0.487 e. The number of carbonyl (C=O) groups excluding carboxylic acids is 3. The standard InChI is InChI=1S/C30H28ClFN6O4/c1-38(2)12-4-7-28(40)33-16-26(39)30(41)37-21-8-10-25-23(14-21)29(35-18-34-25)36-22-9-11-27(24(31)15-22)42-17-19-5-3-6-20(32)13-19/h3-11,13-15,18H,12,16-17H2,1-2H3,(H,33,40)(H,37,41)(H,34,35,36)/b7-4+. The lowest BCUT2D eigenvalue weighted by atomic mass is 10.2. The van der Waals surface area contributed by atoms with Crippen molar-refractivity contribution >= 4 is 57.3 Å². The molecule has 2 amide bonds. The number of ether oxygens (including phenoxy) is 1. The Morgan fingerprint density at radius 3 is 2.60 bits per heavy atom. The van der Waals surface area contributed by atoms with E-state index in [-0.39, 0.29) is 12.4 Å². The van der Waals surface area contributed by atoms with Crippen LogP contribution in [0.5, 0.6) is 5.75 Å². The summed E-state index contributed by atoms with van der Waals surface area (Å²) in [6.45, 7) is 0.274. The highest BCUT2D eigenvalue weighted by atomic mass is 35.5. The van der Waals surface area contributed by atoms with Gasteiger partial charge in [-0.25, -0.2) is 14.4 Å². The second-order valence-electron chi connectivity index (χ2n) is 9.40. The number of halogens is 2. The van der Waals surface area contributed by atoms with E-state index >= 15 is 0 Å². The third-order valence-electron chi connectivity index (χ3n) is 5.79. The second-order valence-corrected chi connectivity index (χ2v) is 9.81. The molecule has 0 bridgehead atoms. The van der Waals surface area contributed by atoms with Crippen LogP contribution in [0.15, 0.2) is 79.1 Å². The molecule has 0 unspecified atom stereocenters. The Bertz CT molecular complexity index is 1650. The van der Waals surface area contributed by atoms with Gasteiger partial charge in [0, 0.05) is 29.4 Å². The number of aromatic nitrogens is 2. The van der Waals surface area contributed by atoms with Gasteiger partial charge in [0.1, 0.15) is 30.3 Å². The van der Waals surface area contributed by atoms with E-state index in [1.54, 1.807) is 54.6 Å². The van der Waals surface area contributed by atoms with E-state index in [9.17, 15) is 18.8 Å². The van der Waals surface area contributed by atoms with Gasteiger partial charge in [0.15, 0.2) is 0 Å². The first-order valence-electron chi connectivity index (χ1n) is 12.8. The molecule has 0 aliphatic heterocycles. The molecule has 0 radical (unpaired) electrons. The Morgan fingerprint density at radius 2 is 1.83 bits per heavy atom. The number of amides is 2. The molecule has 0 saturated carbocycles. The minimum atomic E-state index is -0.876. The Balaban J connectivity index is 1.40. The average molecular weight is 591 g/mol. The Labute approximate surface area is 246 Å². The van der Waals surface area contributed by atoms with Gasteiger partial charge in [0.25, 0.3) is 5.91 Å². The predicted molar refractivity (Wildman–Crippen MR) is 159 cm³/mol. The van der Waals surface area contributed by atoms with Gasteiger partial charge in [-0.15, -0.1) is 0 Å². The monoisotopic (exact) mass is 590 g/mol. The number of Topliss-reactive ketones (excluding diaryl/α,β-unsaturated/α-hetero) is 1.